The van der Waals surface area contributed by atoms with E-state index in [2.05, 4.69) is 36.3 Å². The highest BCUT2D eigenvalue weighted by Gasteiger charge is 2.20. The third kappa shape index (κ3) is 1.73. The van der Waals surface area contributed by atoms with Gasteiger partial charge in [0, 0.05) is 30.9 Å². The predicted molar refractivity (Wildman–Crippen MR) is 53.9 cm³/mol. The summed E-state index contributed by atoms with van der Waals surface area (Å²) in [7, 11) is 0. The number of nitrogens with one attached hydrogen (secondary N) is 1. The van der Waals surface area contributed by atoms with Crippen molar-refractivity contribution in [2.24, 2.45) is 0 Å². The fourth-order valence-corrected chi connectivity index (χ4v) is 1.55. The average molecular weight is 176 g/mol. The zero-order valence-corrected chi connectivity index (χ0v) is 8.25. The SMILES string of the molecule is CC(C)c1ccnc(C2CNC2)c1. The molecule has 0 saturated carbocycles. The van der Waals surface area contributed by atoms with Gasteiger partial charge in [-0.1, -0.05) is 13.8 Å². The lowest BCUT2D eigenvalue weighted by Crippen LogP contribution is -2.40. The van der Waals surface area contributed by atoms with Gasteiger partial charge in [0.05, 0.1) is 0 Å². The lowest BCUT2D eigenvalue weighted by atomic mass is 9.95. The smallest absolute Gasteiger partial charge is 0.0462 e. The van der Waals surface area contributed by atoms with Crippen LogP contribution in [0.25, 0.3) is 0 Å². The highest BCUT2D eigenvalue weighted by Crippen LogP contribution is 2.21. The molecule has 1 aliphatic heterocycles. The van der Waals surface area contributed by atoms with Gasteiger partial charge < -0.3 is 5.32 Å². The Morgan fingerprint density at radius 1 is 1.46 bits per heavy atom. The van der Waals surface area contributed by atoms with Crippen LogP contribution in [0.2, 0.25) is 0 Å². The first kappa shape index (κ1) is 8.70. The Morgan fingerprint density at radius 2 is 2.23 bits per heavy atom. The second kappa shape index (κ2) is 3.46. The summed E-state index contributed by atoms with van der Waals surface area (Å²) < 4.78 is 0. The number of nitrogens with zero attached hydrogens (tertiary/aromatic N) is 1. The van der Waals surface area contributed by atoms with E-state index in [9.17, 15) is 0 Å². The van der Waals surface area contributed by atoms with Gasteiger partial charge in [0.1, 0.15) is 0 Å². The van der Waals surface area contributed by atoms with Gasteiger partial charge in [0.2, 0.25) is 0 Å². The van der Waals surface area contributed by atoms with Crippen LogP contribution in [-0.2, 0) is 0 Å². The molecule has 0 unspecified atom stereocenters. The Balaban J connectivity index is 2.21. The minimum absolute atomic E-state index is 0.606. The van der Waals surface area contributed by atoms with Gasteiger partial charge in [-0.05, 0) is 23.6 Å². The maximum absolute atomic E-state index is 4.40. The van der Waals surface area contributed by atoms with Crippen LogP contribution in [0.1, 0.15) is 36.9 Å². The zero-order chi connectivity index (χ0) is 9.26. The Labute approximate surface area is 79.4 Å². The summed E-state index contributed by atoms with van der Waals surface area (Å²) in [5, 5.41) is 3.27. The molecule has 0 aliphatic carbocycles. The van der Waals surface area contributed by atoms with E-state index >= 15 is 0 Å². The van der Waals surface area contributed by atoms with Crippen molar-refractivity contribution in [2.45, 2.75) is 25.7 Å². The van der Waals surface area contributed by atoms with Crippen LogP contribution in [0.5, 0.6) is 0 Å². The standard InChI is InChI=1S/C11H16N2/c1-8(2)9-3-4-13-11(5-9)10-6-12-7-10/h3-5,8,10,12H,6-7H2,1-2H3. The Bertz CT molecular complexity index is 290. The van der Waals surface area contributed by atoms with E-state index in [-0.39, 0.29) is 0 Å². The molecule has 0 aromatic carbocycles. The summed E-state index contributed by atoms with van der Waals surface area (Å²) >= 11 is 0. The second-order valence-corrected chi connectivity index (χ2v) is 4.02. The van der Waals surface area contributed by atoms with Crippen molar-refractivity contribution in [1.29, 1.82) is 0 Å². The molecule has 1 aromatic heterocycles. The van der Waals surface area contributed by atoms with E-state index < -0.39 is 0 Å². The van der Waals surface area contributed by atoms with Crippen LogP contribution in [0.15, 0.2) is 18.3 Å². The predicted octanol–water partition coefficient (Wildman–Crippen LogP) is 1.89. The van der Waals surface area contributed by atoms with Crippen LogP contribution >= 0.6 is 0 Å². The van der Waals surface area contributed by atoms with Crippen molar-refractivity contribution < 1.29 is 0 Å². The fraction of sp³-hybridized carbons (Fsp3) is 0.545. The first-order valence-electron chi connectivity index (χ1n) is 4.94. The van der Waals surface area contributed by atoms with Crippen molar-refractivity contribution in [2.75, 3.05) is 13.1 Å². The van der Waals surface area contributed by atoms with Gasteiger partial charge in [-0.15, -0.1) is 0 Å². The molecule has 0 atom stereocenters. The molecular formula is C11H16N2. The van der Waals surface area contributed by atoms with Crippen LogP contribution in [-0.4, -0.2) is 18.1 Å². The van der Waals surface area contributed by atoms with E-state index in [0.29, 0.717) is 11.8 Å². The van der Waals surface area contributed by atoms with Crippen molar-refractivity contribution in [1.82, 2.24) is 10.3 Å². The van der Waals surface area contributed by atoms with Gasteiger partial charge in [-0.2, -0.15) is 0 Å². The monoisotopic (exact) mass is 176 g/mol. The molecule has 13 heavy (non-hydrogen) atoms. The lowest BCUT2D eigenvalue weighted by Gasteiger charge is -2.26. The molecule has 2 heterocycles. The molecule has 1 N–H and O–H groups in total. The zero-order valence-electron chi connectivity index (χ0n) is 8.25. The Kier molecular flexibility index (Phi) is 2.32. The van der Waals surface area contributed by atoms with Gasteiger partial charge >= 0.3 is 0 Å². The van der Waals surface area contributed by atoms with Crippen LogP contribution in [0.4, 0.5) is 0 Å². The van der Waals surface area contributed by atoms with Crippen LogP contribution in [0, 0.1) is 0 Å². The molecule has 2 nitrogen and oxygen atoms in total. The summed E-state index contributed by atoms with van der Waals surface area (Å²) in [6.07, 6.45) is 1.93. The summed E-state index contributed by atoms with van der Waals surface area (Å²) in [6, 6.07) is 4.36. The minimum Gasteiger partial charge on any atom is -0.315 e. The molecule has 1 aliphatic rings. The van der Waals surface area contributed by atoms with Crippen molar-refractivity contribution >= 4 is 0 Å². The third-order valence-electron chi connectivity index (χ3n) is 2.67. The normalized spacial score (nSPS) is 17.5. The molecule has 2 heteroatoms. The molecular weight excluding hydrogens is 160 g/mol. The number of hydrogen-bond acceptors (Lipinski definition) is 2. The number of pyridine rings is 1. The summed E-state index contributed by atoms with van der Waals surface area (Å²) in [6.45, 7) is 6.62. The van der Waals surface area contributed by atoms with E-state index in [4.69, 9.17) is 0 Å². The molecule has 70 valence electrons. The second-order valence-electron chi connectivity index (χ2n) is 4.02. The summed E-state index contributed by atoms with van der Waals surface area (Å²) in [5.41, 5.74) is 2.65. The summed E-state index contributed by atoms with van der Waals surface area (Å²) in [4.78, 5) is 4.40. The van der Waals surface area contributed by atoms with E-state index in [1.54, 1.807) is 0 Å². The largest absolute Gasteiger partial charge is 0.315 e. The van der Waals surface area contributed by atoms with Crippen molar-refractivity contribution in [3.63, 3.8) is 0 Å². The van der Waals surface area contributed by atoms with Crippen molar-refractivity contribution in [3.05, 3.63) is 29.6 Å². The maximum Gasteiger partial charge on any atom is 0.0462 e. The van der Waals surface area contributed by atoms with E-state index in [0.717, 1.165) is 13.1 Å². The van der Waals surface area contributed by atoms with Gasteiger partial charge in [-0.3, -0.25) is 4.98 Å². The van der Waals surface area contributed by atoms with Crippen molar-refractivity contribution in [3.8, 4) is 0 Å². The molecule has 1 fully saturated rings. The van der Waals surface area contributed by atoms with Crippen LogP contribution < -0.4 is 5.32 Å². The third-order valence-corrected chi connectivity index (χ3v) is 2.67. The van der Waals surface area contributed by atoms with Crippen LogP contribution in [0.3, 0.4) is 0 Å². The molecule has 0 bridgehead atoms. The first-order valence-corrected chi connectivity index (χ1v) is 4.94. The maximum atomic E-state index is 4.40. The molecule has 1 aromatic rings. The highest BCUT2D eigenvalue weighted by molar-refractivity contribution is 5.23. The lowest BCUT2D eigenvalue weighted by molar-refractivity contribution is 0.439. The van der Waals surface area contributed by atoms with Gasteiger partial charge in [0.15, 0.2) is 0 Å². The number of rotatable bonds is 2. The minimum atomic E-state index is 0.606. The molecule has 1 saturated heterocycles. The first-order chi connectivity index (χ1) is 6.27. The Morgan fingerprint density at radius 3 is 2.77 bits per heavy atom. The molecule has 0 amide bonds. The summed E-state index contributed by atoms with van der Waals surface area (Å²) in [5.74, 6) is 1.26. The molecule has 0 radical (unpaired) electrons. The number of aromatic nitrogens is 1. The molecule has 2 rings (SSSR count). The highest BCUT2D eigenvalue weighted by atomic mass is 15.0. The fourth-order valence-electron chi connectivity index (χ4n) is 1.55. The molecule has 0 spiro atoms. The topological polar surface area (TPSA) is 24.9 Å². The average Bonchev–Trinajstić information content (AvgIpc) is 2.01. The van der Waals surface area contributed by atoms with E-state index in [1.807, 2.05) is 6.20 Å². The Hall–Kier alpha value is -0.890. The van der Waals surface area contributed by atoms with Gasteiger partial charge in [-0.25, -0.2) is 0 Å². The van der Waals surface area contributed by atoms with Gasteiger partial charge in [0.25, 0.3) is 0 Å². The quantitative estimate of drug-likeness (QED) is 0.744. The van der Waals surface area contributed by atoms with E-state index in [1.165, 1.54) is 11.3 Å². The number of hydrogen-bond donors (Lipinski definition) is 1.